The van der Waals surface area contributed by atoms with Gasteiger partial charge in [-0.1, -0.05) is 56.3 Å². The number of benzene rings is 1. The molecule has 0 aliphatic carbocycles. The van der Waals surface area contributed by atoms with Crippen molar-refractivity contribution in [2.24, 2.45) is 0 Å². The molecule has 0 aliphatic rings. The first-order chi connectivity index (χ1) is 5.34. The van der Waals surface area contributed by atoms with Gasteiger partial charge >= 0.3 is 0 Å². The molecule has 0 radical (unpaired) electrons. The van der Waals surface area contributed by atoms with Crippen molar-refractivity contribution >= 4 is 17.7 Å². The van der Waals surface area contributed by atoms with Crippen LogP contribution in [0.15, 0.2) is 30.8 Å². The van der Waals surface area contributed by atoms with Gasteiger partial charge in [-0.2, -0.15) is 0 Å². The summed E-state index contributed by atoms with van der Waals surface area (Å²) in [5.41, 5.74) is 0.985. The fourth-order valence-electron chi connectivity index (χ4n) is 0.641. The first-order valence-electron chi connectivity index (χ1n) is 3.71. The van der Waals surface area contributed by atoms with Gasteiger partial charge in [-0.3, -0.25) is 0 Å². The molecular formula is C10H13Cl. The highest BCUT2D eigenvalue weighted by atomic mass is 35.5. The smallest absolute Gasteiger partial charge is 0.0478 e. The van der Waals surface area contributed by atoms with Crippen LogP contribution in [-0.2, 0) is 0 Å². The van der Waals surface area contributed by atoms with Crippen LogP contribution in [0.4, 0.5) is 0 Å². The molecule has 0 heterocycles. The molecule has 11 heavy (non-hydrogen) atoms. The third-order valence-electron chi connectivity index (χ3n) is 1.13. The molecular weight excluding hydrogens is 156 g/mol. The average Bonchev–Trinajstić information content (AvgIpc) is 2.09. The number of hydrogen-bond donors (Lipinski definition) is 0. The van der Waals surface area contributed by atoms with Gasteiger partial charge in [0.05, 0.1) is 0 Å². The van der Waals surface area contributed by atoms with Crippen molar-refractivity contribution in [2.45, 2.75) is 13.8 Å². The van der Waals surface area contributed by atoms with Crippen LogP contribution in [0.1, 0.15) is 19.4 Å². The first-order valence-corrected chi connectivity index (χ1v) is 4.09. The standard InChI is InChI=1S/C8H7Cl.C2H6/c1-2-7-5-3-4-6-8(7)9;1-2/h2-6H,1H2;1-2H3. The molecule has 0 nitrogen and oxygen atoms in total. The van der Waals surface area contributed by atoms with Gasteiger partial charge in [0.15, 0.2) is 0 Å². The van der Waals surface area contributed by atoms with Gasteiger partial charge in [0.25, 0.3) is 0 Å². The lowest BCUT2D eigenvalue weighted by Gasteiger charge is -1.92. The van der Waals surface area contributed by atoms with Crippen molar-refractivity contribution in [1.29, 1.82) is 0 Å². The molecule has 0 aromatic heterocycles. The van der Waals surface area contributed by atoms with E-state index < -0.39 is 0 Å². The van der Waals surface area contributed by atoms with E-state index in [2.05, 4.69) is 6.58 Å². The maximum Gasteiger partial charge on any atom is 0.0478 e. The Bertz CT molecular complexity index is 216. The average molecular weight is 169 g/mol. The van der Waals surface area contributed by atoms with E-state index >= 15 is 0 Å². The molecule has 0 aliphatic heterocycles. The highest BCUT2D eigenvalue weighted by Gasteiger charge is 1.89. The fraction of sp³-hybridized carbons (Fsp3) is 0.200. The Labute approximate surface area is 73.5 Å². The van der Waals surface area contributed by atoms with E-state index in [1.165, 1.54) is 0 Å². The molecule has 60 valence electrons. The first kappa shape index (κ1) is 10.2. The van der Waals surface area contributed by atoms with Crippen molar-refractivity contribution < 1.29 is 0 Å². The minimum atomic E-state index is 0.757. The summed E-state index contributed by atoms with van der Waals surface area (Å²) in [5, 5.41) is 0.757. The lowest BCUT2D eigenvalue weighted by Crippen LogP contribution is -1.69. The second kappa shape index (κ2) is 5.99. The summed E-state index contributed by atoms with van der Waals surface area (Å²) in [6, 6.07) is 7.60. The van der Waals surface area contributed by atoms with Crippen LogP contribution < -0.4 is 0 Å². The van der Waals surface area contributed by atoms with Gasteiger partial charge < -0.3 is 0 Å². The minimum absolute atomic E-state index is 0.757. The predicted molar refractivity (Wildman–Crippen MR) is 52.9 cm³/mol. The summed E-state index contributed by atoms with van der Waals surface area (Å²) in [6.45, 7) is 7.61. The summed E-state index contributed by atoms with van der Waals surface area (Å²) >= 11 is 5.75. The van der Waals surface area contributed by atoms with Crippen LogP contribution in [0.2, 0.25) is 5.02 Å². The molecule has 0 fully saturated rings. The SMILES string of the molecule is C=Cc1ccccc1Cl.CC. The van der Waals surface area contributed by atoms with Crippen molar-refractivity contribution in [3.05, 3.63) is 41.4 Å². The van der Waals surface area contributed by atoms with Gasteiger partial charge in [-0.25, -0.2) is 0 Å². The van der Waals surface area contributed by atoms with E-state index in [4.69, 9.17) is 11.6 Å². The normalized spacial score (nSPS) is 7.91. The van der Waals surface area contributed by atoms with Crippen molar-refractivity contribution in [3.8, 4) is 0 Å². The summed E-state index contributed by atoms with van der Waals surface area (Å²) in [5.74, 6) is 0. The zero-order valence-corrected chi connectivity index (χ0v) is 7.73. The van der Waals surface area contributed by atoms with Gasteiger partial charge in [-0.15, -0.1) is 0 Å². The molecule has 0 N–H and O–H groups in total. The van der Waals surface area contributed by atoms with E-state index in [1.54, 1.807) is 6.08 Å². The summed E-state index contributed by atoms with van der Waals surface area (Å²) in [7, 11) is 0. The molecule has 1 aromatic carbocycles. The number of rotatable bonds is 1. The minimum Gasteiger partial charge on any atom is -0.0984 e. The quantitative estimate of drug-likeness (QED) is 0.595. The highest BCUT2D eigenvalue weighted by molar-refractivity contribution is 6.32. The Balaban J connectivity index is 0.000000461. The van der Waals surface area contributed by atoms with Crippen LogP contribution >= 0.6 is 11.6 Å². The third-order valence-corrected chi connectivity index (χ3v) is 1.47. The van der Waals surface area contributed by atoms with Crippen molar-refractivity contribution in [2.75, 3.05) is 0 Å². The van der Waals surface area contributed by atoms with E-state index in [0.29, 0.717) is 0 Å². The summed E-state index contributed by atoms with van der Waals surface area (Å²) in [6.07, 6.45) is 1.74. The van der Waals surface area contributed by atoms with Gasteiger partial charge in [0.1, 0.15) is 0 Å². The zero-order chi connectivity index (χ0) is 8.69. The molecule has 0 bridgehead atoms. The Morgan fingerprint density at radius 3 is 2.18 bits per heavy atom. The van der Waals surface area contributed by atoms with Crippen LogP contribution in [0.5, 0.6) is 0 Å². The predicted octanol–water partition coefficient (Wildman–Crippen LogP) is 4.01. The zero-order valence-electron chi connectivity index (χ0n) is 6.97. The molecule has 1 heteroatoms. The summed E-state index contributed by atoms with van der Waals surface area (Å²) < 4.78 is 0. The Morgan fingerprint density at radius 2 is 1.82 bits per heavy atom. The Kier molecular flexibility index (Phi) is 5.58. The monoisotopic (exact) mass is 168 g/mol. The molecule has 0 atom stereocenters. The van der Waals surface area contributed by atoms with Crippen LogP contribution in [0, 0.1) is 0 Å². The van der Waals surface area contributed by atoms with Crippen LogP contribution in [0.3, 0.4) is 0 Å². The molecule has 1 aromatic rings. The Hall–Kier alpha value is -0.750. The van der Waals surface area contributed by atoms with Crippen LogP contribution in [-0.4, -0.2) is 0 Å². The lowest BCUT2D eigenvalue weighted by atomic mass is 10.2. The van der Waals surface area contributed by atoms with E-state index in [0.717, 1.165) is 10.6 Å². The number of halogens is 1. The van der Waals surface area contributed by atoms with Gasteiger partial charge in [0, 0.05) is 5.02 Å². The largest absolute Gasteiger partial charge is 0.0984 e. The van der Waals surface area contributed by atoms with E-state index in [9.17, 15) is 0 Å². The van der Waals surface area contributed by atoms with Crippen molar-refractivity contribution in [1.82, 2.24) is 0 Å². The molecule has 0 saturated carbocycles. The van der Waals surface area contributed by atoms with Crippen molar-refractivity contribution in [3.63, 3.8) is 0 Å². The van der Waals surface area contributed by atoms with E-state index in [1.807, 2.05) is 38.1 Å². The maximum absolute atomic E-state index is 5.75. The van der Waals surface area contributed by atoms with Gasteiger partial charge in [0.2, 0.25) is 0 Å². The fourth-order valence-corrected chi connectivity index (χ4v) is 0.854. The molecule has 0 unspecified atom stereocenters. The Morgan fingerprint density at radius 1 is 1.27 bits per heavy atom. The van der Waals surface area contributed by atoms with Gasteiger partial charge in [-0.05, 0) is 11.6 Å². The summed E-state index contributed by atoms with van der Waals surface area (Å²) in [4.78, 5) is 0. The number of hydrogen-bond acceptors (Lipinski definition) is 0. The van der Waals surface area contributed by atoms with Crippen LogP contribution in [0.25, 0.3) is 6.08 Å². The topological polar surface area (TPSA) is 0 Å². The maximum atomic E-state index is 5.75. The lowest BCUT2D eigenvalue weighted by molar-refractivity contribution is 1.50. The molecule has 0 amide bonds. The molecule has 0 spiro atoms. The second-order valence-electron chi connectivity index (χ2n) is 1.73. The molecule has 1 rings (SSSR count). The second-order valence-corrected chi connectivity index (χ2v) is 2.13. The highest BCUT2D eigenvalue weighted by Crippen LogP contribution is 2.14. The van der Waals surface area contributed by atoms with E-state index in [-0.39, 0.29) is 0 Å². The molecule has 0 saturated heterocycles. The third kappa shape index (κ3) is 3.24.